The predicted octanol–water partition coefficient (Wildman–Crippen LogP) is 5.53. The quantitative estimate of drug-likeness (QED) is 0.714. The molecular weight excluding hydrogens is 310 g/mol. The zero-order chi connectivity index (χ0) is 14.6. The molecule has 1 N–H and O–H groups in total. The lowest BCUT2D eigenvalue weighted by atomic mass is 9.76. The minimum atomic E-state index is 0.473. The molecule has 0 spiro atoms. The number of halogens is 1. The van der Waals surface area contributed by atoms with E-state index in [0.717, 1.165) is 16.9 Å². The second-order valence-electron chi connectivity index (χ2n) is 7.28. The lowest BCUT2D eigenvalue weighted by Crippen LogP contribution is -2.28. The van der Waals surface area contributed by atoms with Crippen LogP contribution < -0.4 is 5.32 Å². The predicted molar refractivity (Wildman–Crippen MR) is 90.8 cm³/mol. The molecule has 0 amide bonds. The van der Waals surface area contributed by atoms with Crippen LogP contribution in [-0.2, 0) is 6.54 Å². The van der Waals surface area contributed by atoms with Crippen LogP contribution in [0.3, 0.4) is 0 Å². The molecule has 1 nitrogen and oxygen atoms in total. The van der Waals surface area contributed by atoms with Crippen molar-refractivity contribution in [1.29, 1.82) is 0 Å². The maximum atomic E-state index is 3.75. The molecule has 1 fully saturated rings. The van der Waals surface area contributed by atoms with E-state index in [2.05, 4.69) is 66.3 Å². The monoisotopic (exact) mass is 337 g/mol. The van der Waals surface area contributed by atoms with E-state index in [-0.39, 0.29) is 0 Å². The number of nitrogens with one attached hydrogen (secondary N) is 1. The van der Waals surface area contributed by atoms with Gasteiger partial charge in [0.25, 0.3) is 0 Å². The SMILES string of the molecule is CC(C)(C)C1CCCC(NCc2ccc(Br)cc2)CC1. The summed E-state index contributed by atoms with van der Waals surface area (Å²) in [5, 5.41) is 3.75. The third-order valence-corrected chi connectivity index (χ3v) is 5.23. The van der Waals surface area contributed by atoms with Crippen molar-refractivity contribution in [3.63, 3.8) is 0 Å². The van der Waals surface area contributed by atoms with Crippen molar-refractivity contribution in [1.82, 2.24) is 5.32 Å². The highest BCUT2D eigenvalue weighted by atomic mass is 79.9. The van der Waals surface area contributed by atoms with E-state index in [0.29, 0.717) is 11.5 Å². The van der Waals surface area contributed by atoms with Crippen LogP contribution in [-0.4, -0.2) is 6.04 Å². The summed E-state index contributed by atoms with van der Waals surface area (Å²) in [7, 11) is 0. The molecule has 1 aromatic carbocycles. The van der Waals surface area contributed by atoms with Crippen LogP contribution in [0.2, 0.25) is 0 Å². The van der Waals surface area contributed by atoms with E-state index in [1.54, 1.807) is 0 Å². The topological polar surface area (TPSA) is 12.0 Å². The van der Waals surface area contributed by atoms with Crippen LogP contribution in [0.15, 0.2) is 28.7 Å². The highest BCUT2D eigenvalue weighted by Crippen LogP contribution is 2.36. The second kappa shape index (κ2) is 7.09. The lowest BCUT2D eigenvalue weighted by molar-refractivity contribution is 0.213. The minimum Gasteiger partial charge on any atom is -0.310 e. The van der Waals surface area contributed by atoms with E-state index >= 15 is 0 Å². The summed E-state index contributed by atoms with van der Waals surface area (Å²) < 4.78 is 1.16. The molecule has 2 heteroatoms. The van der Waals surface area contributed by atoms with E-state index in [9.17, 15) is 0 Å². The number of hydrogen-bond acceptors (Lipinski definition) is 1. The summed E-state index contributed by atoms with van der Waals surface area (Å²) in [6.45, 7) is 8.19. The van der Waals surface area contributed by atoms with Gasteiger partial charge in [-0.2, -0.15) is 0 Å². The van der Waals surface area contributed by atoms with E-state index in [1.807, 2.05) is 0 Å². The van der Waals surface area contributed by atoms with Crippen molar-refractivity contribution in [3.8, 4) is 0 Å². The molecule has 2 unspecified atom stereocenters. The van der Waals surface area contributed by atoms with Gasteiger partial charge in [-0.3, -0.25) is 0 Å². The van der Waals surface area contributed by atoms with Crippen LogP contribution in [0.1, 0.15) is 58.4 Å². The van der Waals surface area contributed by atoms with E-state index in [1.165, 1.54) is 37.7 Å². The van der Waals surface area contributed by atoms with Gasteiger partial charge in [0.05, 0.1) is 0 Å². The molecule has 0 radical (unpaired) electrons. The fraction of sp³-hybridized carbons (Fsp3) is 0.667. The Balaban J connectivity index is 1.81. The maximum absolute atomic E-state index is 3.75. The summed E-state index contributed by atoms with van der Waals surface area (Å²) >= 11 is 3.49. The van der Waals surface area contributed by atoms with Gasteiger partial charge >= 0.3 is 0 Å². The van der Waals surface area contributed by atoms with Crippen molar-refractivity contribution in [2.45, 2.75) is 65.5 Å². The zero-order valence-electron chi connectivity index (χ0n) is 13.1. The Hall–Kier alpha value is -0.340. The highest BCUT2D eigenvalue weighted by molar-refractivity contribution is 9.10. The Morgan fingerprint density at radius 3 is 2.40 bits per heavy atom. The van der Waals surface area contributed by atoms with Crippen LogP contribution in [0.25, 0.3) is 0 Å². The normalized spacial score (nSPS) is 24.4. The van der Waals surface area contributed by atoms with E-state index < -0.39 is 0 Å². The average molecular weight is 338 g/mol. The van der Waals surface area contributed by atoms with Gasteiger partial charge in [-0.05, 0) is 54.7 Å². The fourth-order valence-electron chi connectivity index (χ4n) is 3.24. The molecule has 0 saturated heterocycles. The van der Waals surface area contributed by atoms with Gasteiger partial charge in [-0.25, -0.2) is 0 Å². The van der Waals surface area contributed by atoms with Gasteiger partial charge < -0.3 is 5.32 Å². The van der Waals surface area contributed by atoms with Crippen molar-refractivity contribution in [2.24, 2.45) is 11.3 Å². The van der Waals surface area contributed by atoms with Gasteiger partial charge in [-0.1, -0.05) is 55.3 Å². The third-order valence-electron chi connectivity index (χ3n) is 4.70. The molecule has 0 aliphatic heterocycles. The van der Waals surface area contributed by atoms with Gasteiger partial charge in [0.1, 0.15) is 0 Å². The summed E-state index contributed by atoms with van der Waals surface area (Å²) in [6.07, 6.45) is 6.82. The summed E-state index contributed by atoms with van der Waals surface area (Å²) in [6, 6.07) is 9.35. The minimum absolute atomic E-state index is 0.473. The molecule has 1 saturated carbocycles. The molecule has 1 aliphatic carbocycles. The van der Waals surface area contributed by atoms with Gasteiger partial charge in [-0.15, -0.1) is 0 Å². The van der Waals surface area contributed by atoms with Crippen LogP contribution >= 0.6 is 15.9 Å². The smallest absolute Gasteiger partial charge is 0.0208 e. The molecule has 2 atom stereocenters. The first kappa shape index (κ1) is 16.0. The van der Waals surface area contributed by atoms with Crippen molar-refractivity contribution >= 4 is 15.9 Å². The zero-order valence-corrected chi connectivity index (χ0v) is 14.7. The Morgan fingerprint density at radius 1 is 1.05 bits per heavy atom. The van der Waals surface area contributed by atoms with Gasteiger partial charge in [0, 0.05) is 17.1 Å². The Kier molecular flexibility index (Phi) is 5.68. The number of rotatable bonds is 3. The van der Waals surface area contributed by atoms with Crippen molar-refractivity contribution in [3.05, 3.63) is 34.3 Å². The maximum Gasteiger partial charge on any atom is 0.0208 e. The molecule has 1 aliphatic rings. The number of hydrogen-bond donors (Lipinski definition) is 1. The van der Waals surface area contributed by atoms with Crippen LogP contribution in [0.5, 0.6) is 0 Å². The molecule has 112 valence electrons. The Bertz CT molecular complexity index is 404. The largest absolute Gasteiger partial charge is 0.310 e. The molecule has 0 bridgehead atoms. The van der Waals surface area contributed by atoms with Gasteiger partial charge in [0.2, 0.25) is 0 Å². The molecule has 2 rings (SSSR count). The van der Waals surface area contributed by atoms with E-state index in [4.69, 9.17) is 0 Å². The van der Waals surface area contributed by atoms with Crippen LogP contribution in [0, 0.1) is 11.3 Å². The fourth-order valence-corrected chi connectivity index (χ4v) is 3.50. The first-order valence-electron chi connectivity index (χ1n) is 7.93. The first-order chi connectivity index (χ1) is 9.45. The Labute approximate surface area is 132 Å². The summed E-state index contributed by atoms with van der Waals surface area (Å²) in [5.74, 6) is 0.891. The highest BCUT2D eigenvalue weighted by Gasteiger charge is 2.27. The molecule has 0 aromatic heterocycles. The molecular formula is C18H28BrN. The Morgan fingerprint density at radius 2 is 1.75 bits per heavy atom. The number of benzene rings is 1. The molecule has 1 aromatic rings. The summed E-state index contributed by atoms with van der Waals surface area (Å²) in [4.78, 5) is 0. The third kappa shape index (κ3) is 4.89. The first-order valence-corrected chi connectivity index (χ1v) is 8.72. The molecule has 20 heavy (non-hydrogen) atoms. The van der Waals surface area contributed by atoms with Crippen molar-refractivity contribution in [2.75, 3.05) is 0 Å². The van der Waals surface area contributed by atoms with Gasteiger partial charge in [0.15, 0.2) is 0 Å². The molecule has 0 heterocycles. The standard InChI is InChI=1S/C18H28BrN/c1-18(2,3)15-5-4-6-17(12-9-15)20-13-14-7-10-16(19)11-8-14/h7-8,10-11,15,17,20H,4-6,9,12-13H2,1-3H3. The second-order valence-corrected chi connectivity index (χ2v) is 8.19. The average Bonchev–Trinajstić information content (AvgIpc) is 2.63. The van der Waals surface area contributed by atoms with Crippen molar-refractivity contribution < 1.29 is 0 Å². The van der Waals surface area contributed by atoms with Crippen LogP contribution in [0.4, 0.5) is 0 Å². The summed E-state index contributed by atoms with van der Waals surface area (Å²) in [5.41, 5.74) is 1.85. The lowest BCUT2D eigenvalue weighted by Gasteiger charge is -2.29.